The fraction of sp³-hybridized carbons (Fsp3) is 0.467. The van der Waals surface area contributed by atoms with Crippen molar-refractivity contribution in [2.75, 3.05) is 19.6 Å². The van der Waals surface area contributed by atoms with Crippen LogP contribution in [0.25, 0.3) is 0 Å². The summed E-state index contributed by atoms with van der Waals surface area (Å²) in [5, 5.41) is 2.72. The fourth-order valence-electron chi connectivity index (χ4n) is 2.39. The summed E-state index contributed by atoms with van der Waals surface area (Å²) in [6.07, 6.45) is 1.46. The second-order valence-electron chi connectivity index (χ2n) is 5.04. The smallest absolute Gasteiger partial charge is 0.410 e. The summed E-state index contributed by atoms with van der Waals surface area (Å²) in [5.74, 6) is -0.209. The van der Waals surface area contributed by atoms with E-state index in [9.17, 15) is 9.59 Å². The van der Waals surface area contributed by atoms with E-state index >= 15 is 0 Å². The standard InChI is InChI=1S/C15H21N3O3/c16-9-14(19)17-10-13-7-4-8-18(13)15(20)21-11-12-5-2-1-3-6-12/h1-3,5-6,13H,4,7-11,16H2,(H,17,19). The van der Waals surface area contributed by atoms with Gasteiger partial charge in [0.05, 0.1) is 12.6 Å². The summed E-state index contributed by atoms with van der Waals surface area (Å²) in [5.41, 5.74) is 6.20. The van der Waals surface area contributed by atoms with Crippen molar-refractivity contribution in [2.45, 2.75) is 25.5 Å². The molecule has 1 aliphatic heterocycles. The van der Waals surface area contributed by atoms with Gasteiger partial charge in [0, 0.05) is 13.1 Å². The minimum atomic E-state index is -0.330. The molecule has 6 heteroatoms. The Morgan fingerprint density at radius 1 is 1.33 bits per heavy atom. The Morgan fingerprint density at radius 3 is 2.81 bits per heavy atom. The van der Waals surface area contributed by atoms with E-state index in [1.165, 1.54) is 0 Å². The number of hydrogen-bond donors (Lipinski definition) is 2. The largest absolute Gasteiger partial charge is 0.445 e. The highest BCUT2D eigenvalue weighted by Crippen LogP contribution is 2.18. The Kier molecular flexibility index (Phi) is 5.57. The molecule has 1 saturated heterocycles. The normalized spacial score (nSPS) is 17.6. The lowest BCUT2D eigenvalue weighted by molar-refractivity contribution is -0.119. The number of carbonyl (C=O) groups excluding carboxylic acids is 2. The van der Waals surface area contributed by atoms with Crippen LogP contribution in [0.5, 0.6) is 0 Å². The zero-order valence-corrected chi connectivity index (χ0v) is 12.0. The van der Waals surface area contributed by atoms with E-state index in [-0.39, 0.29) is 31.2 Å². The summed E-state index contributed by atoms with van der Waals surface area (Å²) >= 11 is 0. The minimum Gasteiger partial charge on any atom is -0.445 e. The SMILES string of the molecule is NCC(=O)NCC1CCCN1C(=O)OCc1ccccc1. The van der Waals surface area contributed by atoms with Gasteiger partial charge in [-0.15, -0.1) is 0 Å². The number of nitrogens with zero attached hydrogens (tertiary/aromatic N) is 1. The first-order chi connectivity index (χ1) is 10.2. The molecule has 0 aromatic heterocycles. The van der Waals surface area contributed by atoms with Crippen molar-refractivity contribution in [3.63, 3.8) is 0 Å². The quantitative estimate of drug-likeness (QED) is 0.842. The first-order valence-corrected chi connectivity index (χ1v) is 7.15. The molecule has 114 valence electrons. The Morgan fingerprint density at radius 2 is 2.10 bits per heavy atom. The topological polar surface area (TPSA) is 84.7 Å². The van der Waals surface area contributed by atoms with Crippen LogP contribution in [0, 0.1) is 0 Å². The zero-order valence-electron chi connectivity index (χ0n) is 12.0. The van der Waals surface area contributed by atoms with Crippen LogP contribution in [0.1, 0.15) is 18.4 Å². The molecule has 0 saturated carbocycles. The van der Waals surface area contributed by atoms with Gasteiger partial charge in [-0.05, 0) is 18.4 Å². The van der Waals surface area contributed by atoms with Crippen LogP contribution in [0.4, 0.5) is 4.79 Å². The molecular formula is C15H21N3O3. The van der Waals surface area contributed by atoms with Gasteiger partial charge in [0.1, 0.15) is 6.61 Å². The molecular weight excluding hydrogens is 270 g/mol. The number of amides is 2. The Labute approximate surface area is 124 Å². The molecule has 3 N–H and O–H groups in total. The number of hydrogen-bond acceptors (Lipinski definition) is 4. The van der Waals surface area contributed by atoms with Gasteiger partial charge in [0.15, 0.2) is 0 Å². The maximum atomic E-state index is 12.1. The molecule has 6 nitrogen and oxygen atoms in total. The van der Waals surface area contributed by atoms with E-state index in [4.69, 9.17) is 10.5 Å². The number of benzene rings is 1. The van der Waals surface area contributed by atoms with Crippen LogP contribution in [-0.2, 0) is 16.1 Å². The molecule has 2 rings (SSSR count). The van der Waals surface area contributed by atoms with Crippen LogP contribution in [0.3, 0.4) is 0 Å². The van der Waals surface area contributed by atoms with Crippen molar-refractivity contribution in [3.8, 4) is 0 Å². The maximum Gasteiger partial charge on any atom is 0.410 e. The van der Waals surface area contributed by atoms with E-state index in [1.807, 2.05) is 30.3 Å². The van der Waals surface area contributed by atoms with Crippen LogP contribution in [0.15, 0.2) is 30.3 Å². The van der Waals surface area contributed by atoms with Gasteiger partial charge in [-0.2, -0.15) is 0 Å². The van der Waals surface area contributed by atoms with Crippen molar-refractivity contribution < 1.29 is 14.3 Å². The first kappa shape index (κ1) is 15.3. The lowest BCUT2D eigenvalue weighted by Crippen LogP contribution is -2.44. The molecule has 0 radical (unpaired) electrons. The predicted molar refractivity (Wildman–Crippen MR) is 78.4 cm³/mol. The van der Waals surface area contributed by atoms with Gasteiger partial charge in [-0.3, -0.25) is 4.79 Å². The molecule has 1 aromatic carbocycles. The number of nitrogens with two attached hydrogens (primary N) is 1. The number of likely N-dealkylation sites (tertiary alicyclic amines) is 1. The molecule has 1 aromatic rings. The van der Waals surface area contributed by atoms with Gasteiger partial charge >= 0.3 is 6.09 Å². The average molecular weight is 291 g/mol. The number of rotatable bonds is 5. The third-order valence-electron chi connectivity index (χ3n) is 3.54. The highest BCUT2D eigenvalue weighted by molar-refractivity contribution is 5.77. The second kappa shape index (κ2) is 7.64. The molecule has 0 aliphatic carbocycles. The second-order valence-corrected chi connectivity index (χ2v) is 5.04. The lowest BCUT2D eigenvalue weighted by Gasteiger charge is -2.24. The fourth-order valence-corrected chi connectivity index (χ4v) is 2.39. The van der Waals surface area contributed by atoms with Crippen molar-refractivity contribution in [3.05, 3.63) is 35.9 Å². The van der Waals surface area contributed by atoms with Gasteiger partial charge in [0.25, 0.3) is 0 Å². The lowest BCUT2D eigenvalue weighted by atomic mass is 10.2. The maximum absolute atomic E-state index is 12.1. The van der Waals surface area contributed by atoms with E-state index in [2.05, 4.69) is 5.32 Å². The molecule has 1 heterocycles. The van der Waals surface area contributed by atoms with Crippen LogP contribution < -0.4 is 11.1 Å². The molecule has 21 heavy (non-hydrogen) atoms. The van der Waals surface area contributed by atoms with E-state index in [1.54, 1.807) is 4.90 Å². The van der Waals surface area contributed by atoms with Gasteiger partial charge in [-0.25, -0.2) is 4.79 Å². The third-order valence-corrected chi connectivity index (χ3v) is 3.54. The van der Waals surface area contributed by atoms with Crippen molar-refractivity contribution in [2.24, 2.45) is 5.73 Å². The average Bonchev–Trinajstić information content (AvgIpc) is 2.99. The van der Waals surface area contributed by atoms with Gasteiger partial charge < -0.3 is 20.7 Å². The monoisotopic (exact) mass is 291 g/mol. The van der Waals surface area contributed by atoms with Gasteiger partial charge in [0.2, 0.25) is 5.91 Å². The van der Waals surface area contributed by atoms with Crippen molar-refractivity contribution >= 4 is 12.0 Å². The van der Waals surface area contributed by atoms with Crippen LogP contribution >= 0.6 is 0 Å². The van der Waals surface area contributed by atoms with E-state index < -0.39 is 0 Å². The molecule has 0 bridgehead atoms. The molecule has 2 amide bonds. The number of nitrogens with one attached hydrogen (secondary N) is 1. The third kappa shape index (κ3) is 4.46. The minimum absolute atomic E-state index is 0.0104. The van der Waals surface area contributed by atoms with Crippen molar-refractivity contribution in [1.82, 2.24) is 10.2 Å². The molecule has 1 unspecified atom stereocenters. The first-order valence-electron chi connectivity index (χ1n) is 7.15. The number of carbonyl (C=O) groups is 2. The predicted octanol–water partition coefficient (Wildman–Crippen LogP) is 0.863. The Bertz CT molecular complexity index is 478. The summed E-state index contributed by atoms with van der Waals surface area (Å²) in [6.45, 7) is 1.32. The molecule has 1 atom stereocenters. The highest BCUT2D eigenvalue weighted by atomic mass is 16.6. The molecule has 0 spiro atoms. The van der Waals surface area contributed by atoms with E-state index in [0.29, 0.717) is 13.1 Å². The van der Waals surface area contributed by atoms with E-state index in [0.717, 1.165) is 18.4 Å². The summed E-state index contributed by atoms with van der Waals surface area (Å²) in [7, 11) is 0. The van der Waals surface area contributed by atoms with Crippen molar-refractivity contribution in [1.29, 1.82) is 0 Å². The summed E-state index contributed by atoms with van der Waals surface area (Å²) < 4.78 is 5.32. The zero-order chi connectivity index (χ0) is 15.1. The van der Waals surface area contributed by atoms with Crippen LogP contribution in [0.2, 0.25) is 0 Å². The van der Waals surface area contributed by atoms with Crippen LogP contribution in [-0.4, -0.2) is 42.6 Å². The number of ether oxygens (including phenoxy) is 1. The summed E-state index contributed by atoms with van der Waals surface area (Å²) in [4.78, 5) is 25.0. The summed E-state index contributed by atoms with van der Waals surface area (Å²) in [6, 6.07) is 9.55. The van der Waals surface area contributed by atoms with Gasteiger partial charge in [-0.1, -0.05) is 30.3 Å². The Balaban J connectivity index is 1.81. The molecule has 1 aliphatic rings. The molecule has 1 fully saturated rings. The Hall–Kier alpha value is -2.08. The highest BCUT2D eigenvalue weighted by Gasteiger charge is 2.29.